The standard InChI is InChI=1S/C11H14N4O4.H3O4P/c12-9-5-1-2-15(10(5)14-4-13-9)11-8(18)7(17)6(3-16)19-11;1-5(2,3)4/h1-2,4,6-8,11,16-18H,3H2,(H2,12,13,14);(H3,1,2,3,4)/t6-,7-,8-,11-;/m1./s1. The Morgan fingerprint density at radius 3 is 2.42 bits per heavy atom. The molecule has 13 heteroatoms. The summed E-state index contributed by atoms with van der Waals surface area (Å²) in [4.78, 5) is 29.5. The monoisotopic (exact) mass is 364 g/mol. The van der Waals surface area contributed by atoms with Gasteiger partial charge in [0.25, 0.3) is 0 Å². The van der Waals surface area contributed by atoms with Gasteiger partial charge in [-0.1, -0.05) is 0 Å². The van der Waals surface area contributed by atoms with Gasteiger partial charge in [0.1, 0.15) is 36.1 Å². The third-order valence-corrected chi connectivity index (χ3v) is 3.33. The summed E-state index contributed by atoms with van der Waals surface area (Å²) in [6.07, 6.45) is -0.975. The molecule has 1 saturated heterocycles. The highest BCUT2D eigenvalue weighted by Gasteiger charge is 2.43. The number of aliphatic hydroxyl groups is 3. The molecule has 0 aromatic carbocycles. The fourth-order valence-corrected chi connectivity index (χ4v) is 2.31. The molecule has 0 unspecified atom stereocenters. The summed E-state index contributed by atoms with van der Waals surface area (Å²) in [5, 5.41) is 29.4. The van der Waals surface area contributed by atoms with Crippen LogP contribution >= 0.6 is 7.82 Å². The molecule has 2 aromatic rings. The highest BCUT2D eigenvalue weighted by molar-refractivity contribution is 7.45. The molecular formula is C11H17N4O8P. The topological polar surface area (TPSA) is 204 Å². The Bertz CT molecular complexity index is 740. The number of nitrogens with zero attached hydrogens (tertiary/aromatic N) is 3. The first-order valence-corrected chi connectivity index (χ1v) is 8.17. The SMILES string of the molecule is Nc1ncnc2c1ccn2[C@@H]1O[C@H](CO)[C@@H](O)[C@H]1O.O=P(O)(O)O. The van der Waals surface area contributed by atoms with Crippen LogP contribution in [0.4, 0.5) is 5.82 Å². The third-order valence-electron chi connectivity index (χ3n) is 3.33. The average Bonchev–Trinajstić information content (AvgIpc) is 3.01. The molecule has 1 aliphatic rings. The maximum atomic E-state index is 9.98. The van der Waals surface area contributed by atoms with E-state index in [1.54, 1.807) is 16.8 Å². The highest BCUT2D eigenvalue weighted by atomic mass is 31.2. The molecule has 24 heavy (non-hydrogen) atoms. The van der Waals surface area contributed by atoms with Crippen LogP contribution in [0, 0.1) is 0 Å². The fraction of sp³-hybridized carbons (Fsp3) is 0.455. The summed E-state index contributed by atoms with van der Waals surface area (Å²) >= 11 is 0. The van der Waals surface area contributed by atoms with Crippen LogP contribution in [-0.4, -0.2) is 69.5 Å². The van der Waals surface area contributed by atoms with E-state index >= 15 is 0 Å². The summed E-state index contributed by atoms with van der Waals surface area (Å²) in [6.45, 7) is -0.370. The molecule has 3 rings (SSSR count). The summed E-state index contributed by atoms with van der Waals surface area (Å²) in [6, 6.07) is 1.71. The van der Waals surface area contributed by atoms with Gasteiger partial charge in [-0.15, -0.1) is 0 Å². The van der Waals surface area contributed by atoms with Crippen molar-refractivity contribution in [2.24, 2.45) is 0 Å². The lowest BCUT2D eigenvalue weighted by atomic mass is 10.1. The van der Waals surface area contributed by atoms with Crippen molar-refractivity contribution in [2.45, 2.75) is 24.5 Å². The summed E-state index contributed by atoms with van der Waals surface area (Å²) in [5.41, 5.74) is 6.23. The van der Waals surface area contributed by atoms with Crippen LogP contribution in [0.2, 0.25) is 0 Å². The van der Waals surface area contributed by atoms with E-state index in [4.69, 9.17) is 34.8 Å². The molecule has 1 fully saturated rings. The molecule has 8 N–H and O–H groups in total. The molecule has 134 valence electrons. The number of anilines is 1. The quantitative estimate of drug-likeness (QED) is 0.282. The van der Waals surface area contributed by atoms with Crippen molar-refractivity contribution in [3.8, 4) is 0 Å². The predicted molar refractivity (Wildman–Crippen MR) is 79.2 cm³/mol. The van der Waals surface area contributed by atoms with E-state index < -0.39 is 32.4 Å². The van der Waals surface area contributed by atoms with Crippen LogP contribution in [0.25, 0.3) is 11.0 Å². The molecule has 0 saturated carbocycles. The summed E-state index contributed by atoms with van der Waals surface area (Å²) in [7, 11) is -4.64. The van der Waals surface area contributed by atoms with Crippen LogP contribution in [0.5, 0.6) is 0 Å². The Labute approximate surface area is 135 Å². The van der Waals surface area contributed by atoms with Crippen molar-refractivity contribution >= 4 is 24.7 Å². The minimum Gasteiger partial charge on any atom is -0.394 e. The van der Waals surface area contributed by atoms with E-state index in [0.29, 0.717) is 16.9 Å². The zero-order chi connectivity index (χ0) is 18.1. The number of aliphatic hydroxyl groups excluding tert-OH is 3. The number of ether oxygens (including phenoxy) is 1. The molecule has 2 aromatic heterocycles. The molecule has 0 bridgehead atoms. The van der Waals surface area contributed by atoms with Gasteiger partial charge in [-0.2, -0.15) is 0 Å². The Balaban J connectivity index is 0.000000368. The average molecular weight is 364 g/mol. The second-order valence-corrected chi connectivity index (χ2v) is 5.99. The van der Waals surface area contributed by atoms with E-state index in [2.05, 4.69) is 9.97 Å². The van der Waals surface area contributed by atoms with E-state index in [-0.39, 0.29) is 6.61 Å². The number of hydrogen-bond donors (Lipinski definition) is 7. The van der Waals surface area contributed by atoms with E-state index in [1.807, 2.05) is 0 Å². The molecule has 0 radical (unpaired) electrons. The molecule has 12 nitrogen and oxygen atoms in total. The number of nitrogen functional groups attached to an aromatic ring is 1. The van der Waals surface area contributed by atoms with Gasteiger partial charge >= 0.3 is 7.82 Å². The Morgan fingerprint density at radius 2 is 1.88 bits per heavy atom. The Morgan fingerprint density at radius 1 is 1.25 bits per heavy atom. The molecule has 3 heterocycles. The van der Waals surface area contributed by atoms with Crippen LogP contribution in [0.1, 0.15) is 6.23 Å². The van der Waals surface area contributed by atoms with Crippen LogP contribution < -0.4 is 5.73 Å². The highest BCUT2D eigenvalue weighted by Crippen LogP contribution is 2.32. The van der Waals surface area contributed by atoms with Gasteiger partial charge in [0, 0.05) is 6.20 Å². The van der Waals surface area contributed by atoms with Crippen molar-refractivity contribution in [2.75, 3.05) is 12.3 Å². The molecule has 1 aliphatic heterocycles. The van der Waals surface area contributed by atoms with Crippen LogP contribution in [0.3, 0.4) is 0 Å². The maximum absolute atomic E-state index is 9.98. The predicted octanol–water partition coefficient (Wildman–Crippen LogP) is -2.30. The van der Waals surface area contributed by atoms with E-state index in [9.17, 15) is 10.2 Å². The normalized spacial score (nSPS) is 27.1. The smallest absolute Gasteiger partial charge is 0.394 e. The number of nitrogens with two attached hydrogens (primary N) is 1. The number of fused-ring (bicyclic) bond motifs is 1. The minimum absolute atomic E-state index is 0.329. The van der Waals surface area contributed by atoms with Gasteiger partial charge in [-0.3, -0.25) is 0 Å². The molecule has 0 amide bonds. The van der Waals surface area contributed by atoms with Gasteiger partial charge in [0.15, 0.2) is 6.23 Å². The fourth-order valence-electron chi connectivity index (χ4n) is 2.31. The first-order valence-electron chi connectivity index (χ1n) is 6.61. The van der Waals surface area contributed by atoms with E-state index in [1.165, 1.54) is 6.33 Å². The number of rotatable bonds is 2. The number of phosphoric acid groups is 1. The number of hydrogen-bond acceptors (Lipinski definition) is 8. The molecule has 0 aliphatic carbocycles. The van der Waals surface area contributed by atoms with Gasteiger partial charge in [0.2, 0.25) is 0 Å². The lowest BCUT2D eigenvalue weighted by Crippen LogP contribution is -2.33. The van der Waals surface area contributed by atoms with Crippen molar-refractivity contribution in [1.29, 1.82) is 0 Å². The zero-order valence-electron chi connectivity index (χ0n) is 12.1. The van der Waals surface area contributed by atoms with E-state index in [0.717, 1.165) is 0 Å². The largest absolute Gasteiger partial charge is 0.466 e. The molecular weight excluding hydrogens is 347 g/mol. The lowest BCUT2D eigenvalue weighted by molar-refractivity contribution is -0.0508. The van der Waals surface area contributed by atoms with Crippen LogP contribution in [0.15, 0.2) is 18.6 Å². The lowest BCUT2D eigenvalue weighted by Gasteiger charge is -2.17. The van der Waals surface area contributed by atoms with Gasteiger partial charge in [-0.05, 0) is 6.07 Å². The second kappa shape index (κ2) is 7.09. The summed E-state index contributed by atoms with van der Waals surface area (Å²) in [5.74, 6) is 0.329. The minimum atomic E-state index is -4.64. The molecule has 0 spiro atoms. The number of aromatic nitrogens is 3. The molecule has 4 atom stereocenters. The first-order chi connectivity index (χ1) is 11.1. The van der Waals surface area contributed by atoms with Crippen molar-refractivity contribution in [3.05, 3.63) is 18.6 Å². The van der Waals surface area contributed by atoms with Gasteiger partial charge in [0.05, 0.1) is 12.0 Å². The van der Waals surface area contributed by atoms with Crippen molar-refractivity contribution in [1.82, 2.24) is 14.5 Å². The Hall–Kier alpha value is -1.63. The van der Waals surface area contributed by atoms with Gasteiger partial charge < -0.3 is 45.0 Å². The first kappa shape index (κ1) is 18.7. The Kier molecular flexibility index (Phi) is 5.52. The summed E-state index contributed by atoms with van der Waals surface area (Å²) < 4.78 is 15.9. The van der Waals surface area contributed by atoms with Crippen molar-refractivity contribution in [3.63, 3.8) is 0 Å². The zero-order valence-corrected chi connectivity index (χ0v) is 13.0. The van der Waals surface area contributed by atoms with Crippen LogP contribution in [-0.2, 0) is 9.30 Å². The second-order valence-electron chi connectivity index (χ2n) is 4.96. The van der Waals surface area contributed by atoms with Gasteiger partial charge in [-0.25, -0.2) is 14.5 Å². The van der Waals surface area contributed by atoms with Crippen molar-refractivity contribution < 1.29 is 39.3 Å². The third kappa shape index (κ3) is 4.06. The maximum Gasteiger partial charge on any atom is 0.466 e.